The Morgan fingerprint density at radius 3 is 2.12 bits per heavy atom. The highest BCUT2D eigenvalue weighted by molar-refractivity contribution is 5.63. The summed E-state index contributed by atoms with van der Waals surface area (Å²) in [5.74, 6) is 0. The molecule has 0 heterocycles. The second kappa shape index (κ2) is 6.02. The molecule has 86 valence electrons. The van der Waals surface area contributed by atoms with Gasteiger partial charge in [0.25, 0.3) is 0 Å². The summed E-state index contributed by atoms with van der Waals surface area (Å²) in [5.41, 5.74) is 3.34. The van der Waals surface area contributed by atoms with Crippen LogP contribution in [-0.4, -0.2) is 6.61 Å². The number of hydrogen-bond acceptors (Lipinski definition) is 1. The lowest BCUT2D eigenvalue weighted by Crippen LogP contribution is -1.97. The molecule has 2 aromatic carbocycles. The molecule has 0 saturated carbocycles. The van der Waals surface area contributed by atoms with Crippen LogP contribution in [0.4, 0.5) is 0 Å². The normalized spacial score (nSPS) is 10.1. The largest absolute Gasteiger partial charge is 0.372 e. The van der Waals surface area contributed by atoms with Crippen molar-refractivity contribution in [2.24, 2.45) is 0 Å². The Kier molecular flexibility index (Phi) is 4.11. The van der Waals surface area contributed by atoms with Crippen molar-refractivity contribution < 1.29 is 4.74 Å². The molecular weight excluding hydrogens is 208 g/mol. The predicted octanol–water partition coefficient (Wildman–Crippen LogP) is 3.92. The molecule has 0 aliphatic heterocycles. The van der Waals surface area contributed by atoms with Crippen LogP contribution in [0.3, 0.4) is 0 Å². The first kappa shape index (κ1) is 11.6. The molecule has 0 radical (unpaired) electrons. The summed E-state index contributed by atoms with van der Waals surface area (Å²) >= 11 is 0. The van der Waals surface area contributed by atoms with Crippen LogP contribution in [0.2, 0.25) is 0 Å². The van der Waals surface area contributed by atoms with E-state index in [4.69, 9.17) is 4.74 Å². The molecular formula is C16H16O. The van der Waals surface area contributed by atoms with Crippen LogP contribution in [0.1, 0.15) is 11.1 Å². The smallest absolute Gasteiger partial charge is 0.0721 e. The quantitative estimate of drug-likeness (QED) is 0.748. The van der Waals surface area contributed by atoms with Gasteiger partial charge in [-0.2, -0.15) is 0 Å². The standard InChI is InChI=1S/C16H16O/c1-14(16-10-6-3-7-11-16)12-17-13-15-8-4-2-5-9-15/h2-11H,1,12-13H2. The summed E-state index contributed by atoms with van der Waals surface area (Å²) in [4.78, 5) is 0. The first-order valence-electron chi connectivity index (χ1n) is 5.71. The highest BCUT2D eigenvalue weighted by atomic mass is 16.5. The van der Waals surface area contributed by atoms with Gasteiger partial charge in [0.15, 0.2) is 0 Å². The predicted molar refractivity (Wildman–Crippen MR) is 71.6 cm³/mol. The molecule has 2 rings (SSSR count). The van der Waals surface area contributed by atoms with Crippen molar-refractivity contribution in [3.63, 3.8) is 0 Å². The maximum atomic E-state index is 5.64. The molecule has 2 aromatic rings. The highest BCUT2D eigenvalue weighted by Gasteiger charge is 1.98. The van der Waals surface area contributed by atoms with Crippen LogP contribution in [0.5, 0.6) is 0 Å². The molecule has 0 atom stereocenters. The van der Waals surface area contributed by atoms with Gasteiger partial charge in [0.05, 0.1) is 13.2 Å². The van der Waals surface area contributed by atoms with Crippen LogP contribution in [0, 0.1) is 0 Å². The summed E-state index contributed by atoms with van der Waals surface area (Å²) in [7, 11) is 0. The van der Waals surface area contributed by atoms with Gasteiger partial charge in [-0.15, -0.1) is 0 Å². The van der Waals surface area contributed by atoms with E-state index in [0.29, 0.717) is 13.2 Å². The van der Waals surface area contributed by atoms with Crippen molar-refractivity contribution in [1.29, 1.82) is 0 Å². The zero-order valence-electron chi connectivity index (χ0n) is 9.80. The Balaban J connectivity index is 1.82. The minimum atomic E-state index is 0.568. The van der Waals surface area contributed by atoms with Gasteiger partial charge in [0, 0.05) is 0 Å². The fraction of sp³-hybridized carbons (Fsp3) is 0.125. The van der Waals surface area contributed by atoms with Crippen LogP contribution in [0.25, 0.3) is 5.57 Å². The monoisotopic (exact) mass is 224 g/mol. The second-order valence-electron chi connectivity index (χ2n) is 3.95. The molecule has 0 fully saturated rings. The molecule has 0 aliphatic carbocycles. The van der Waals surface area contributed by atoms with Gasteiger partial charge in [0.2, 0.25) is 0 Å². The van der Waals surface area contributed by atoms with E-state index >= 15 is 0 Å². The minimum absolute atomic E-state index is 0.568. The van der Waals surface area contributed by atoms with E-state index in [0.717, 1.165) is 11.1 Å². The van der Waals surface area contributed by atoms with Crippen molar-refractivity contribution >= 4 is 5.57 Å². The summed E-state index contributed by atoms with van der Waals surface area (Å²) in [6.45, 7) is 5.23. The second-order valence-corrected chi connectivity index (χ2v) is 3.95. The van der Waals surface area contributed by atoms with Gasteiger partial charge in [0.1, 0.15) is 0 Å². The van der Waals surface area contributed by atoms with Crippen molar-refractivity contribution in [3.05, 3.63) is 78.4 Å². The molecule has 0 aliphatic rings. The molecule has 0 N–H and O–H groups in total. The van der Waals surface area contributed by atoms with Gasteiger partial charge in [-0.3, -0.25) is 0 Å². The average molecular weight is 224 g/mol. The Labute approximate surface area is 102 Å². The molecule has 17 heavy (non-hydrogen) atoms. The Hall–Kier alpha value is -1.86. The lowest BCUT2D eigenvalue weighted by molar-refractivity contribution is 0.153. The van der Waals surface area contributed by atoms with Crippen molar-refractivity contribution in [2.45, 2.75) is 6.61 Å². The van der Waals surface area contributed by atoms with Crippen molar-refractivity contribution in [2.75, 3.05) is 6.61 Å². The fourth-order valence-electron chi connectivity index (χ4n) is 1.62. The molecule has 0 spiro atoms. The summed E-state index contributed by atoms with van der Waals surface area (Å²) in [6.07, 6.45) is 0. The molecule has 1 nitrogen and oxygen atoms in total. The molecule has 0 bridgehead atoms. The molecule has 0 saturated heterocycles. The van der Waals surface area contributed by atoms with Gasteiger partial charge >= 0.3 is 0 Å². The van der Waals surface area contributed by atoms with Crippen molar-refractivity contribution in [1.82, 2.24) is 0 Å². The zero-order valence-corrected chi connectivity index (χ0v) is 9.80. The first-order chi connectivity index (χ1) is 8.36. The number of rotatable bonds is 5. The fourth-order valence-corrected chi connectivity index (χ4v) is 1.62. The van der Waals surface area contributed by atoms with E-state index in [9.17, 15) is 0 Å². The lowest BCUT2D eigenvalue weighted by Gasteiger charge is -2.07. The molecule has 0 unspecified atom stereocenters. The van der Waals surface area contributed by atoms with Gasteiger partial charge in [-0.1, -0.05) is 67.2 Å². The first-order valence-corrected chi connectivity index (χ1v) is 5.71. The van der Waals surface area contributed by atoms with E-state index in [1.54, 1.807) is 0 Å². The molecule has 0 amide bonds. The summed E-state index contributed by atoms with van der Waals surface area (Å²) in [5, 5.41) is 0. The minimum Gasteiger partial charge on any atom is -0.372 e. The van der Waals surface area contributed by atoms with Crippen LogP contribution < -0.4 is 0 Å². The lowest BCUT2D eigenvalue weighted by atomic mass is 10.1. The summed E-state index contributed by atoms with van der Waals surface area (Å²) < 4.78 is 5.64. The van der Waals surface area contributed by atoms with E-state index in [2.05, 4.69) is 18.7 Å². The zero-order chi connectivity index (χ0) is 11.9. The van der Waals surface area contributed by atoms with E-state index < -0.39 is 0 Å². The third kappa shape index (κ3) is 3.58. The number of benzene rings is 2. The van der Waals surface area contributed by atoms with E-state index in [1.807, 2.05) is 48.5 Å². The maximum Gasteiger partial charge on any atom is 0.0721 e. The number of ether oxygens (including phenoxy) is 1. The maximum absolute atomic E-state index is 5.64. The van der Waals surface area contributed by atoms with Gasteiger partial charge < -0.3 is 4.74 Å². The van der Waals surface area contributed by atoms with E-state index in [-0.39, 0.29) is 0 Å². The van der Waals surface area contributed by atoms with E-state index in [1.165, 1.54) is 5.56 Å². The Bertz CT molecular complexity index is 459. The van der Waals surface area contributed by atoms with Crippen LogP contribution in [-0.2, 0) is 11.3 Å². The summed E-state index contributed by atoms with van der Waals surface area (Å²) in [6, 6.07) is 20.3. The van der Waals surface area contributed by atoms with Gasteiger partial charge in [-0.25, -0.2) is 0 Å². The molecule has 0 aromatic heterocycles. The van der Waals surface area contributed by atoms with Crippen LogP contribution >= 0.6 is 0 Å². The van der Waals surface area contributed by atoms with Gasteiger partial charge in [-0.05, 0) is 16.7 Å². The average Bonchev–Trinajstić information content (AvgIpc) is 2.41. The Morgan fingerprint density at radius 1 is 0.882 bits per heavy atom. The SMILES string of the molecule is C=C(COCc1ccccc1)c1ccccc1. The molecule has 1 heteroatoms. The Morgan fingerprint density at radius 2 is 1.47 bits per heavy atom. The topological polar surface area (TPSA) is 9.23 Å². The third-order valence-corrected chi connectivity index (χ3v) is 2.57. The van der Waals surface area contributed by atoms with Crippen molar-refractivity contribution in [3.8, 4) is 0 Å². The van der Waals surface area contributed by atoms with Crippen LogP contribution in [0.15, 0.2) is 67.2 Å². The third-order valence-electron chi connectivity index (χ3n) is 2.57. The highest BCUT2D eigenvalue weighted by Crippen LogP contribution is 2.12. The number of hydrogen-bond donors (Lipinski definition) is 0.